The molecule has 0 radical (unpaired) electrons. The van der Waals surface area contributed by atoms with E-state index in [1.165, 1.54) is 24.3 Å². The van der Waals surface area contributed by atoms with Crippen LogP contribution in [-0.4, -0.2) is 14.8 Å². The number of rotatable bonds is 2. The summed E-state index contributed by atoms with van der Waals surface area (Å²) in [7, 11) is 0. The molecule has 24 heavy (non-hydrogen) atoms. The highest BCUT2D eigenvalue weighted by Crippen LogP contribution is 2.33. The zero-order valence-electron chi connectivity index (χ0n) is 12.8. The van der Waals surface area contributed by atoms with Crippen LogP contribution in [0.1, 0.15) is 42.0 Å². The molecule has 0 unspecified atom stereocenters. The molecule has 0 aliphatic carbocycles. The molecule has 1 aromatic carbocycles. The lowest BCUT2D eigenvalue weighted by Gasteiger charge is -2.10. The fraction of sp³-hybridized carbons (Fsp3) is 0.353. The number of allylic oxidation sites excluding steroid dienone is 1. The zero-order valence-corrected chi connectivity index (χ0v) is 12.8. The minimum atomic E-state index is -4.48. The average Bonchev–Trinajstić information content (AvgIpc) is 2.80. The molecule has 3 rings (SSSR count). The van der Waals surface area contributed by atoms with Crippen molar-refractivity contribution in [1.82, 2.24) is 14.8 Å². The summed E-state index contributed by atoms with van der Waals surface area (Å²) in [4.78, 5) is 0. The molecule has 0 amide bonds. The predicted molar refractivity (Wildman–Crippen MR) is 82.5 cm³/mol. The van der Waals surface area contributed by atoms with Crippen molar-refractivity contribution in [1.29, 1.82) is 5.26 Å². The molecule has 2 heterocycles. The van der Waals surface area contributed by atoms with Crippen LogP contribution >= 0.6 is 0 Å². The molecule has 7 heteroatoms. The third kappa shape index (κ3) is 3.18. The number of halogens is 3. The van der Waals surface area contributed by atoms with E-state index in [1.807, 2.05) is 10.6 Å². The van der Waals surface area contributed by atoms with Crippen molar-refractivity contribution in [2.24, 2.45) is 0 Å². The Morgan fingerprint density at radius 1 is 1.17 bits per heavy atom. The van der Waals surface area contributed by atoms with Crippen molar-refractivity contribution in [2.45, 2.75) is 38.4 Å². The van der Waals surface area contributed by atoms with Gasteiger partial charge < -0.3 is 4.57 Å². The Kier molecular flexibility index (Phi) is 4.38. The van der Waals surface area contributed by atoms with Crippen molar-refractivity contribution in [3.05, 3.63) is 47.0 Å². The van der Waals surface area contributed by atoms with Crippen molar-refractivity contribution < 1.29 is 13.2 Å². The molecule has 2 aromatic rings. The SMILES string of the molecule is N#CC(=Cc1ccccc1C(F)(F)F)c1nnc2n1CCCCC2. The molecular weight excluding hydrogens is 317 g/mol. The van der Waals surface area contributed by atoms with E-state index in [1.54, 1.807) is 0 Å². The first-order valence-electron chi connectivity index (χ1n) is 7.71. The number of hydrogen-bond donors (Lipinski definition) is 0. The molecule has 4 nitrogen and oxygen atoms in total. The Balaban J connectivity index is 2.07. The van der Waals surface area contributed by atoms with Crippen LogP contribution in [0.3, 0.4) is 0 Å². The van der Waals surface area contributed by atoms with E-state index in [0.717, 1.165) is 37.6 Å². The maximum Gasteiger partial charge on any atom is 0.416 e. The first-order valence-corrected chi connectivity index (χ1v) is 7.71. The quantitative estimate of drug-likeness (QED) is 0.779. The molecule has 0 N–H and O–H groups in total. The van der Waals surface area contributed by atoms with Gasteiger partial charge in [-0.15, -0.1) is 10.2 Å². The number of nitriles is 1. The highest BCUT2D eigenvalue weighted by atomic mass is 19.4. The lowest BCUT2D eigenvalue weighted by molar-refractivity contribution is -0.137. The minimum absolute atomic E-state index is 0.0486. The van der Waals surface area contributed by atoms with Gasteiger partial charge in [-0.2, -0.15) is 18.4 Å². The standard InChI is InChI=1S/C17H15F3N4/c18-17(19,20)14-7-4-3-6-12(14)10-13(11-21)16-23-22-15-8-2-1-5-9-24(15)16/h3-4,6-7,10H,1-2,5,8-9H2. The second-order valence-corrected chi connectivity index (χ2v) is 5.66. The Morgan fingerprint density at radius 2 is 1.96 bits per heavy atom. The lowest BCUT2D eigenvalue weighted by atomic mass is 10.0. The Bertz CT molecular complexity index is 812. The van der Waals surface area contributed by atoms with Crippen LogP contribution in [0.4, 0.5) is 13.2 Å². The molecule has 1 aliphatic rings. The van der Waals surface area contributed by atoms with Gasteiger partial charge in [-0.3, -0.25) is 0 Å². The third-order valence-corrected chi connectivity index (χ3v) is 4.04. The molecule has 0 spiro atoms. The summed E-state index contributed by atoms with van der Waals surface area (Å²) in [6.45, 7) is 0.678. The summed E-state index contributed by atoms with van der Waals surface area (Å²) >= 11 is 0. The van der Waals surface area contributed by atoms with Gasteiger partial charge in [0.2, 0.25) is 0 Å². The number of fused-ring (bicyclic) bond motifs is 1. The first-order chi connectivity index (χ1) is 11.5. The van der Waals surface area contributed by atoms with Gasteiger partial charge >= 0.3 is 6.18 Å². The Morgan fingerprint density at radius 3 is 2.71 bits per heavy atom. The maximum absolute atomic E-state index is 13.1. The monoisotopic (exact) mass is 332 g/mol. The van der Waals surface area contributed by atoms with E-state index >= 15 is 0 Å². The summed E-state index contributed by atoms with van der Waals surface area (Å²) in [5, 5.41) is 17.6. The highest BCUT2D eigenvalue weighted by Gasteiger charge is 2.32. The smallest absolute Gasteiger partial charge is 0.310 e. The predicted octanol–water partition coefficient (Wildman–Crippen LogP) is 4.09. The number of aryl methyl sites for hydroxylation is 1. The molecule has 0 fully saturated rings. The van der Waals surface area contributed by atoms with Crippen molar-refractivity contribution in [3.8, 4) is 6.07 Å². The summed E-state index contributed by atoms with van der Waals surface area (Å²) in [5.41, 5.74) is -0.728. The van der Waals surface area contributed by atoms with Crippen LogP contribution < -0.4 is 0 Å². The first kappa shape index (κ1) is 16.2. The number of nitrogens with zero attached hydrogens (tertiary/aromatic N) is 4. The second-order valence-electron chi connectivity index (χ2n) is 5.66. The summed E-state index contributed by atoms with van der Waals surface area (Å²) in [5.74, 6) is 1.12. The highest BCUT2D eigenvalue weighted by molar-refractivity contribution is 5.87. The van der Waals surface area contributed by atoms with E-state index in [0.29, 0.717) is 12.4 Å². The van der Waals surface area contributed by atoms with E-state index in [2.05, 4.69) is 10.2 Å². The van der Waals surface area contributed by atoms with Gasteiger partial charge in [0.15, 0.2) is 5.82 Å². The summed E-state index contributed by atoms with van der Waals surface area (Å²) in [6, 6.07) is 7.17. The zero-order chi connectivity index (χ0) is 17.2. The third-order valence-electron chi connectivity index (χ3n) is 4.04. The van der Waals surface area contributed by atoms with Gasteiger partial charge in [-0.05, 0) is 30.5 Å². The van der Waals surface area contributed by atoms with Crippen molar-refractivity contribution >= 4 is 11.6 Å². The normalized spacial score (nSPS) is 15.5. The van der Waals surface area contributed by atoms with Crippen LogP contribution in [0.15, 0.2) is 24.3 Å². The minimum Gasteiger partial charge on any atom is -0.310 e. The molecular formula is C17H15F3N4. The second kappa shape index (κ2) is 6.48. The van der Waals surface area contributed by atoms with Crippen LogP contribution in [0.25, 0.3) is 11.6 Å². The summed E-state index contributed by atoms with van der Waals surface area (Å²) in [6.07, 6.45) is 0.535. The Labute approximate surface area is 137 Å². The topological polar surface area (TPSA) is 54.5 Å². The van der Waals surface area contributed by atoms with Gasteiger partial charge in [-0.1, -0.05) is 24.6 Å². The number of hydrogen-bond acceptors (Lipinski definition) is 3. The van der Waals surface area contributed by atoms with Crippen LogP contribution in [0, 0.1) is 11.3 Å². The van der Waals surface area contributed by atoms with Crippen molar-refractivity contribution in [2.75, 3.05) is 0 Å². The molecule has 0 saturated carbocycles. The molecule has 1 aliphatic heterocycles. The number of benzene rings is 1. The average molecular weight is 332 g/mol. The molecule has 0 bridgehead atoms. The largest absolute Gasteiger partial charge is 0.416 e. The van der Waals surface area contributed by atoms with Crippen LogP contribution in [-0.2, 0) is 19.1 Å². The van der Waals surface area contributed by atoms with Gasteiger partial charge in [0.1, 0.15) is 11.9 Å². The van der Waals surface area contributed by atoms with Gasteiger partial charge in [0.05, 0.1) is 11.1 Å². The number of alkyl halides is 3. The lowest BCUT2D eigenvalue weighted by Crippen LogP contribution is -2.08. The van der Waals surface area contributed by atoms with Crippen LogP contribution in [0.2, 0.25) is 0 Å². The van der Waals surface area contributed by atoms with Crippen molar-refractivity contribution in [3.63, 3.8) is 0 Å². The van der Waals surface area contributed by atoms with Gasteiger partial charge in [-0.25, -0.2) is 0 Å². The van der Waals surface area contributed by atoms with Gasteiger partial charge in [0, 0.05) is 13.0 Å². The molecule has 124 valence electrons. The Hall–Kier alpha value is -2.62. The fourth-order valence-corrected chi connectivity index (χ4v) is 2.87. The summed E-state index contributed by atoms with van der Waals surface area (Å²) < 4.78 is 41.2. The fourth-order valence-electron chi connectivity index (χ4n) is 2.87. The van der Waals surface area contributed by atoms with E-state index in [4.69, 9.17) is 0 Å². The van der Waals surface area contributed by atoms with Crippen LogP contribution in [0.5, 0.6) is 0 Å². The van der Waals surface area contributed by atoms with E-state index < -0.39 is 11.7 Å². The molecule has 0 atom stereocenters. The maximum atomic E-state index is 13.1. The van der Waals surface area contributed by atoms with E-state index in [-0.39, 0.29) is 11.1 Å². The number of aromatic nitrogens is 3. The van der Waals surface area contributed by atoms with Gasteiger partial charge in [0.25, 0.3) is 0 Å². The molecule has 1 aromatic heterocycles. The molecule has 0 saturated heterocycles. The van der Waals surface area contributed by atoms with E-state index in [9.17, 15) is 18.4 Å².